The fourth-order valence-electron chi connectivity index (χ4n) is 1.63. The van der Waals surface area contributed by atoms with Crippen molar-refractivity contribution in [1.82, 2.24) is 16.0 Å². The molecule has 0 saturated heterocycles. The maximum Gasteiger partial charge on any atom is 0.326 e. The van der Waals surface area contributed by atoms with Gasteiger partial charge in [-0.2, -0.15) is 0 Å². The number of hydrogen-bond donors (Lipinski definition) is 7. The molecule has 0 aromatic rings. The first-order chi connectivity index (χ1) is 11.9. The van der Waals surface area contributed by atoms with Crippen molar-refractivity contribution in [3.05, 3.63) is 0 Å². The number of carbonyl (C=O) groups excluding carboxylic acids is 4. The van der Waals surface area contributed by atoms with Gasteiger partial charge in [-0.1, -0.05) is 0 Å². The highest BCUT2D eigenvalue weighted by Gasteiger charge is 2.29. The van der Waals surface area contributed by atoms with Gasteiger partial charge in [0.2, 0.25) is 23.6 Å². The van der Waals surface area contributed by atoms with E-state index in [0.717, 1.165) is 0 Å². The van der Waals surface area contributed by atoms with E-state index in [0.29, 0.717) is 0 Å². The molecule has 146 valence electrons. The number of aliphatic carboxylic acids is 2. The van der Waals surface area contributed by atoms with Crippen LogP contribution in [-0.4, -0.2) is 70.5 Å². The van der Waals surface area contributed by atoms with Crippen molar-refractivity contribution in [1.29, 1.82) is 0 Å². The second kappa shape index (κ2) is 10.6. The van der Waals surface area contributed by atoms with Gasteiger partial charge in [-0.3, -0.25) is 24.0 Å². The Balaban J connectivity index is 4.95. The van der Waals surface area contributed by atoms with Crippen LogP contribution in [0, 0.1) is 0 Å². The molecule has 26 heavy (non-hydrogen) atoms. The Kier molecular flexibility index (Phi) is 9.29. The smallest absolute Gasteiger partial charge is 0.326 e. The van der Waals surface area contributed by atoms with Crippen LogP contribution in [0.5, 0.6) is 0 Å². The highest BCUT2D eigenvalue weighted by molar-refractivity contribution is 5.95. The molecule has 0 heterocycles. The minimum atomic E-state index is -1.77. The molecule has 0 fully saturated rings. The molecule has 0 rings (SSSR count). The van der Waals surface area contributed by atoms with E-state index in [2.05, 4.69) is 10.6 Å². The molecule has 3 unspecified atom stereocenters. The van der Waals surface area contributed by atoms with Gasteiger partial charge >= 0.3 is 11.9 Å². The number of carbonyl (C=O) groups is 6. The molecule has 13 heteroatoms. The molecule has 0 spiro atoms. The third kappa shape index (κ3) is 9.17. The van der Waals surface area contributed by atoms with Crippen LogP contribution in [0.1, 0.15) is 19.8 Å². The number of carboxylic acids is 2. The summed E-state index contributed by atoms with van der Waals surface area (Å²) in [5.74, 6) is -6.70. The largest absolute Gasteiger partial charge is 0.481 e. The predicted octanol–water partition coefficient (Wildman–Crippen LogP) is -4.15. The Bertz CT molecular complexity index is 591. The maximum absolute atomic E-state index is 12.1. The van der Waals surface area contributed by atoms with Gasteiger partial charge in [0.05, 0.1) is 25.4 Å². The molecule has 0 aromatic carbocycles. The summed E-state index contributed by atoms with van der Waals surface area (Å²) < 4.78 is 0. The summed E-state index contributed by atoms with van der Waals surface area (Å²) >= 11 is 0. The first-order valence-corrected chi connectivity index (χ1v) is 7.30. The maximum atomic E-state index is 12.1. The molecule has 13 nitrogen and oxygen atoms in total. The van der Waals surface area contributed by atoms with Gasteiger partial charge in [0.25, 0.3) is 0 Å². The molecule has 0 aliphatic rings. The van der Waals surface area contributed by atoms with Gasteiger partial charge in [0.15, 0.2) is 0 Å². The van der Waals surface area contributed by atoms with E-state index in [9.17, 15) is 28.8 Å². The number of carboxylic acid groups (broad SMARTS) is 2. The van der Waals surface area contributed by atoms with Crippen molar-refractivity contribution < 1.29 is 39.0 Å². The summed E-state index contributed by atoms with van der Waals surface area (Å²) in [5, 5.41) is 23.7. The van der Waals surface area contributed by atoms with Crippen LogP contribution in [0.2, 0.25) is 0 Å². The lowest BCUT2D eigenvalue weighted by atomic mass is 10.1. The van der Waals surface area contributed by atoms with Crippen molar-refractivity contribution >= 4 is 35.6 Å². The third-order valence-electron chi connectivity index (χ3n) is 2.89. The van der Waals surface area contributed by atoms with E-state index in [1.807, 2.05) is 5.32 Å². The third-order valence-corrected chi connectivity index (χ3v) is 2.89. The minimum absolute atomic E-state index is 0.555. The van der Waals surface area contributed by atoms with Crippen LogP contribution in [-0.2, 0) is 28.8 Å². The summed E-state index contributed by atoms with van der Waals surface area (Å²) in [7, 11) is 0. The van der Waals surface area contributed by atoms with E-state index >= 15 is 0 Å². The van der Waals surface area contributed by atoms with Crippen LogP contribution in [0.4, 0.5) is 0 Å². The van der Waals surface area contributed by atoms with Crippen molar-refractivity contribution in [2.24, 2.45) is 11.5 Å². The van der Waals surface area contributed by atoms with Crippen LogP contribution >= 0.6 is 0 Å². The molecule has 0 saturated carbocycles. The molecular weight excluding hydrogens is 354 g/mol. The Hall–Kier alpha value is -3.22. The van der Waals surface area contributed by atoms with Crippen LogP contribution in [0.15, 0.2) is 0 Å². The number of nitrogens with one attached hydrogen (secondary N) is 3. The standard InChI is InChI=1S/C13H21N5O8/c1-5(14)11(23)16-4-9(20)17-6(2-8(15)19)12(24)18-7(13(25)26)3-10(21)22/h5-7H,2-4,14H2,1H3,(H2,15,19)(H,16,23)(H,17,20)(H,18,24)(H,21,22)(H,25,26). The monoisotopic (exact) mass is 375 g/mol. The lowest BCUT2D eigenvalue weighted by molar-refractivity contribution is -0.147. The summed E-state index contributed by atoms with van der Waals surface area (Å²) in [6.07, 6.45) is -1.58. The SMILES string of the molecule is CC(N)C(=O)NCC(=O)NC(CC(N)=O)C(=O)NC(CC(=O)O)C(=O)O. The zero-order chi connectivity index (χ0) is 20.4. The van der Waals surface area contributed by atoms with Crippen molar-refractivity contribution in [3.8, 4) is 0 Å². The molecular formula is C13H21N5O8. The van der Waals surface area contributed by atoms with E-state index in [1.165, 1.54) is 6.92 Å². The lowest BCUT2D eigenvalue weighted by Crippen LogP contribution is -2.54. The molecule has 0 aromatic heterocycles. The number of amides is 4. The molecule has 0 aliphatic heterocycles. The molecule has 0 aliphatic carbocycles. The summed E-state index contributed by atoms with van der Waals surface area (Å²) in [5.41, 5.74) is 10.3. The Morgan fingerprint density at radius 3 is 1.92 bits per heavy atom. The summed E-state index contributed by atoms with van der Waals surface area (Å²) in [4.78, 5) is 67.7. The van der Waals surface area contributed by atoms with Crippen LogP contribution in [0.25, 0.3) is 0 Å². The molecule has 0 bridgehead atoms. The average Bonchev–Trinajstić information content (AvgIpc) is 2.49. The molecule has 9 N–H and O–H groups in total. The second-order valence-corrected chi connectivity index (χ2v) is 5.29. The first-order valence-electron chi connectivity index (χ1n) is 7.30. The predicted molar refractivity (Wildman–Crippen MR) is 84.2 cm³/mol. The van der Waals surface area contributed by atoms with Crippen LogP contribution < -0.4 is 27.4 Å². The zero-order valence-corrected chi connectivity index (χ0v) is 13.9. The highest BCUT2D eigenvalue weighted by atomic mass is 16.4. The van der Waals surface area contributed by atoms with Crippen LogP contribution in [0.3, 0.4) is 0 Å². The van der Waals surface area contributed by atoms with Crippen molar-refractivity contribution in [2.75, 3.05) is 6.54 Å². The Labute approximate surface area is 147 Å². The van der Waals surface area contributed by atoms with Gasteiger partial charge in [-0.05, 0) is 6.92 Å². The molecule has 3 atom stereocenters. The van der Waals surface area contributed by atoms with Gasteiger partial charge < -0.3 is 37.6 Å². The van der Waals surface area contributed by atoms with Crippen molar-refractivity contribution in [2.45, 2.75) is 37.9 Å². The highest BCUT2D eigenvalue weighted by Crippen LogP contribution is 1.98. The second-order valence-electron chi connectivity index (χ2n) is 5.29. The lowest BCUT2D eigenvalue weighted by Gasteiger charge is -2.20. The van der Waals surface area contributed by atoms with Gasteiger partial charge in [-0.15, -0.1) is 0 Å². The fourth-order valence-corrected chi connectivity index (χ4v) is 1.63. The van der Waals surface area contributed by atoms with Gasteiger partial charge in [0, 0.05) is 0 Å². The minimum Gasteiger partial charge on any atom is -0.481 e. The molecule has 0 radical (unpaired) electrons. The van der Waals surface area contributed by atoms with E-state index < -0.39 is 73.1 Å². The van der Waals surface area contributed by atoms with E-state index in [-0.39, 0.29) is 0 Å². The summed E-state index contributed by atoms with van der Waals surface area (Å²) in [6, 6.07) is -4.20. The fraction of sp³-hybridized carbons (Fsp3) is 0.538. The van der Waals surface area contributed by atoms with E-state index in [4.69, 9.17) is 21.7 Å². The van der Waals surface area contributed by atoms with E-state index in [1.54, 1.807) is 0 Å². The zero-order valence-electron chi connectivity index (χ0n) is 13.9. The normalized spacial score (nSPS) is 13.6. The first kappa shape index (κ1) is 22.8. The number of rotatable bonds is 11. The topological polar surface area (TPSA) is 231 Å². The van der Waals surface area contributed by atoms with Gasteiger partial charge in [0.1, 0.15) is 12.1 Å². The number of primary amides is 1. The average molecular weight is 375 g/mol. The Morgan fingerprint density at radius 1 is 0.923 bits per heavy atom. The number of hydrogen-bond acceptors (Lipinski definition) is 7. The van der Waals surface area contributed by atoms with Gasteiger partial charge in [-0.25, -0.2) is 4.79 Å². The Morgan fingerprint density at radius 2 is 1.50 bits per heavy atom. The van der Waals surface area contributed by atoms with Crippen molar-refractivity contribution in [3.63, 3.8) is 0 Å². The number of nitrogens with two attached hydrogens (primary N) is 2. The summed E-state index contributed by atoms with van der Waals surface area (Å²) in [6.45, 7) is 0.825. The quantitative estimate of drug-likeness (QED) is 0.185. The molecule has 4 amide bonds.